The molecule has 0 heterocycles. The molecule has 110 valence electrons. The Morgan fingerprint density at radius 2 is 2.05 bits per heavy atom. The summed E-state index contributed by atoms with van der Waals surface area (Å²) in [6, 6.07) is 5.30. The van der Waals surface area contributed by atoms with Crippen LogP contribution in [0.2, 0.25) is 5.02 Å². The lowest BCUT2D eigenvalue weighted by atomic mass is 9.96. The second kappa shape index (κ2) is 6.95. The highest BCUT2D eigenvalue weighted by atomic mass is 35.5. The van der Waals surface area contributed by atoms with Gasteiger partial charge < -0.3 is 10.7 Å². The van der Waals surface area contributed by atoms with Crippen molar-refractivity contribution in [2.75, 3.05) is 5.43 Å². The molecule has 1 saturated carbocycles. The Morgan fingerprint density at radius 1 is 1.30 bits per heavy atom. The van der Waals surface area contributed by atoms with E-state index in [4.69, 9.17) is 17.4 Å². The van der Waals surface area contributed by atoms with E-state index in [-0.39, 0.29) is 11.9 Å². The molecule has 1 fully saturated rings. The number of nitrogens with two attached hydrogens (primary N) is 1. The summed E-state index contributed by atoms with van der Waals surface area (Å²) >= 11 is 5.97. The summed E-state index contributed by atoms with van der Waals surface area (Å²) in [5, 5.41) is 3.66. The Balaban J connectivity index is 2.12. The zero-order valence-corrected chi connectivity index (χ0v) is 12.5. The van der Waals surface area contributed by atoms with Crippen LogP contribution in [0.15, 0.2) is 18.2 Å². The molecule has 1 aliphatic carbocycles. The van der Waals surface area contributed by atoms with Crippen molar-refractivity contribution < 1.29 is 4.79 Å². The molecule has 1 aliphatic rings. The Hall–Kier alpha value is -1.26. The Morgan fingerprint density at radius 3 is 2.80 bits per heavy atom. The summed E-state index contributed by atoms with van der Waals surface area (Å²) < 4.78 is 0. The largest absolute Gasteiger partial charge is 0.349 e. The maximum Gasteiger partial charge on any atom is 0.253 e. The summed E-state index contributed by atoms with van der Waals surface area (Å²) in [6.07, 6.45) is 5.89. The van der Waals surface area contributed by atoms with Gasteiger partial charge >= 0.3 is 0 Å². The van der Waals surface area contributed by atoms with E-state index < -0.39 is 0 Å². The van der Waals surface area contributed by atoms with E-state index in [0.717, 1.165) is 6.42 Å². The molecular formula is C15H22ClN3O. The van der Waals surface area contributed by atoms with Gasteiger partial charge in [0.15, 0.2) is 0 Å². The minimum absolute atomic E-state index is 0.112. The fourth-order valence-electron chi connectivity index (χ4n) is 2.78. The van der Waals surface area contributed by atoms with Crippen LogP contribution in [0.5, 0.6) is 0 Å². The molecule has 1 aromatic carbocycles. The minimum atomic E-state index is -0.112. The molecule has 0 aromatic heterocycles. The maximum absolute atomic E-state index is 12.4. The molecule has 2 atom stereocenters. The third-order valence-electron chi connectivity index (χ3n) is 4.06. The lowest BCUT2D eigenvalue weighted by molar-refractivity contribution is 0.0922. The highest BCUT2D eigenvalue weighted by Crippen LogP contribution is 2.25. The normalized spacial score (nSPS) is 22.9. The zero-order valence-electron chi connectivity index (χ0n) is 11.8. The smallest absolute Gasteiger partial charge is 0.253 e. The van der Waals surface area contributed by atoms with Crippen LogP contribution in [0.3, 0.4) is 0 Å². The summed E-state index contributed by atoms with van der Waals surface area (Å²) in [6.45, 7) is 2.20. The van der Waals surface area contributed by atoms with Crippen LogP contribution >= 0.6 is 11.6 Å². The van der Waals surface area contributed by atoms with Crippen molar-refractivity contribution in [3.63, 3.8) is 0 Å². The molecule has 2 rings (SSSR count). The molecule has 4 N–H and O–H groups in total. The molecule has 0 radical (unpaired) electrons. The second-order valence-electron chi connectivity index (χ2n) is 5.53. The molecule has 0 saturated heterocycles. The first-order chi connectivity index (χ1) is 9.61. The highest BCUT2D eigenvalue weighted by Gasteiger charge is 2.23. The van der Waals surface area contributed by atoms with Crippen molar-refractivity contribution in [1.82, 2.24) is 5.32 Å². The van der Waals surface area contributed by atoms with Gasteiger partial charge in [-0.2, -0.15) is 0 Å². The number of carbonyl (C=O) groups excluding carboxylic acids is 1. The average molecular weight is 296 g/mol. The van der Waals surface area contributed by atoms with Crippen molar-refractivity contribution in [2.24, 2.45) is 11.8 Å². The molecule has 20 heavy (non-hydrogen) atoms. The van der Waals surface area contributed by atoms with E-state index in [1.807, 2.05) is 0 Å². The van der Waals surface area contributed by atoms with Gasteiger partial charge in [0.1, 0.15) is 0 Å². The van der Waals surface area contributed by atoms with Gasteiger partial charge in [0.05, 0.1) is 11.3 Å². The summed E-state index contributed by atoms with van der Waals surface area (Å²) in [4.78, 5) is 12.4. The number of nitrogen functional groups attached to an aromatic ring is 1. The fourth-order valence-corrected chi connectivity index (χ4v) is 2.96. The first-order valence-corrected chi connectivity index (χ1v) is 7.56. The molecule has 0 spiro atoms. The van der Waals surface area contributed by atoms with Gasteiger partial charge in [-0.3, -0.25) is 10.6 Å². The van der Waals surface area contributed by atoms with Crippen LogP contribution < -0.4 is 16.6 Å². The molecule has 4 nitrogen and oxygen atoms in total. The van der Waals surface area contributed by atoms with Crippen molar-refractivity contribution in [3.05, 3.63) is 28.8 Å². The molecule has 1 amide bonds. The molecular weight excluding hydrogens is 274 g/mol. The lowest BCUT2D eigenvalue weighted by Gasteiger charge is -2.23. The van der Waals surface area contributed by atoms with Crippen LogP contribution in [0, 0.1) is 5.92 Å². The number of rotatable bonds is 3. The zero-order chi connectivity index (χ0) is 14.5. The van der Waals surface area contributed by atoms with Crippen molar-refractivity contribution in [1.29, 1.82) is 0 Å². The van der Waals surface area contributed by atoms with Gasteiger partial charge in [-0.25, -0.2) is 0 Å². The maximum atomic E-state index is 12.4. The van der Waals surface area contributed by atoms with Crippen LogP contribution in [0.1, 0.15) is 49.4 Å². The van der Waals surface area contributed by atoms with E-state index in [1.165, 1.54) is 25.7 Å². The van der Waals surface area contributed by atoms with E-state index in [1.54, 1.807) is 18.2 Å². The van der Waals surface area contributed by atoms with Gasteiger partial charge in [-0.05, 0) is 37.0 Å². The number of nitrogens with one attached hydrogen (secondary N) is 2. The number of hydrazine groups is 1. The molecule has 0 aliphatic heterocycles. The lowest BCUT2D eigenvalue weighted by Crippen LogP contribution is -2.39. The highest BCUT2D eigenvalue weighted by molar-refractivity contribution is 6.31. The number of halogens is 1. The monoisotopic (exact) mass is 295 g/mol. The average Bonchev–Trinajstić information content (AvgIpc) is 2.64. The van der Waals surface area contributed by atoms with Gasteiger partial charge in [0, 0.05) is 11.1 Å². The number of carbonyl (C=O) groups is 1. The standard InChI is InChI=1S/C15H22ClN3O/c1-10-5-3-2-4-6-13(10)18-15(20)12-9-11(16)7-8-14(12)19-17/h7-10,13,19H,2-6,17H2,1H3,(H,18,20). The SMILES string of the molecule is CC1CCCCCC1NC(=O)c1cc(Cl)ccc1NN. The van der Waals surface area contributed by atoms with Crippen LogP contribution in [-0.4, -0.2) is 11.9 Å². The molecule has 1 aromatic rings. The van der Waals surface area contributed by atoms with E-state index in [0.29, 0.717) is 22.2 Å². The molecule has 5 heteroatoms. The number of anilines is 1. The predicted octanol–water partition coefficient (Wildman–Crippen LogP) is 3.32. The number of benzene rings is 1. The quantitative estimate of drug-likeness (QED) is 0.455. The van der Waals surface area contributed by atoms with Crippen molar-refractivity contribution in [3.8, 4) is 0 Å². The number of hydrogen-bond acceptors (Lipinski definition) is 3. The summed E-state index contributed by atoms with van der Waals surface area (Å²) in [5.74, 6) is 5.85. The van der Waals surface area contributed by atoms with Crippen molar-refractivity contribution >= 4 is 23.2 Å². The fraction of sp³-hybridized carbons (Fsp3) is 0.533. The van der Waals surface area contributed by atoms with E-state index >= 15 is 0 Å². The van der Waals surface area contributed by atoms with Crippen molar-refractivity contribution in [2.45, 2.75) is 45.1 Å². The topological polar surface area (TPSA) is 67.2 Å². The Bertz CT molecular complexity index is 478. The Labute approximate surface area is 125 Å². The molecule has 0 bridgehead atoms. The van der Waals surface area contributed by atoms with Crippen LogP contribution in [0.4, 0.5) is 5.69 Å². The first-order valence-electron chi connectivity index (χ1n) is 7.19. The van der Waals surface area contributed by atoms with Gasteiger partial charge in [0.2, 0.25) is 0 Å². The number of hydrogen-bond donors (Lipinski definition) is 3. The van der Waals surface area contributed by atoms with Gasteiger partial charge in [-0.1, -0.05) is 37.8 Å². The van der Waals surface area contributed by atoms with E-state index in [2.05, 4.69) is 17.7 Å². The summed E-state index contributed by atoms with van der Waals surface area (Å²) in [7, 11) is 0. The van der Waals surface area contributed by atoms with Gasteiger partial charge in [-0.15, -0.1) is 0 Å². The van der Waals surface area contributed by atoms with Crippen LogP contribution in [-0.2, 0) is 0 Å². The summed E-state index contributed by atoms with van der Waals surface area (Å²) in [5.41, 5.74) is 3.63. The Kier molecular flexibility index (Phi) is 5.26. The predicted molar refractivity (Wildman–Crippen MR) is 82.8 cm³/mol. The first kappa shape index (κ1) is 15.1. The minimum Gasteiger partial charge on any atom is -0.349 e. The second-order valence-corrected chi connectivity index (χ2v) is 5.97. The van der Waals surface area contributed by atoms with E-state index in [9.17, 15) is 4.79 Å². The third-order valence-corrected chi connectivity index (χ3v) is 4.29. The van der Waals surface area contributed by atoms with Gasteiger partial charge in [0.25, 0.3) is 5.91 Å². The van der Waals surface area contributed by atoms with Crippen LogP contribution in [0.25, 0.3) is 0 Å². The number of amides is 1. The third kappa shape index (κ3) is 3.64. The molecule has 2 unspecified atom stereocenters.